The molecule has 7 fully saturated rings. The van der Waals surface area contributed by atoms with Gasteiger partial charge in [-0.15, -0.1) is 0 Å². The molecule has 404 valence electrons. The first-order valence-corrected chi connectivity index (χ1v) is 26.4. The monoisotopic (exact) mass is 1000 g/mol. The Morgan fingerprint density at radius 3 is 2.04 bits per heavy atom. The molecule has 8 aliphatic rings. The topological polar surface area (TPSA) is 171 Å². The third-order valence-corrected chi connectivity index (χ3v) is 19.5. The van der Waals surface area contributed by atoms with Gasteiger partial charge in [-0.25, -0.2) is 4.79 Å². The summed E-state index contributed by atoms with van der Waals surface area (Å²) >= 11 is 0. The van der Waals surface area contributed by atoms with Crippen molar-refractivity contribution in [3.8, 4) is 0 Å². The van der Waals surface area contributed by atoms with Crippen molar-refractivity contribution < 1.29 is 76.0 Å². The predicted octanol–water partition coefficient (Wildman–Crippen LogP) is 8.44. The van der Waals surface area contributed by atoms with Gasteiger partial charge in [-0.05, 0) is 144 Å². The molecule has 17 atom stereocenters. The molecule has 0 spiro atoms. The van der Waals surface area contributed by atoms with E-state index in [9.17, 15) is 14.4 Å². The minimum atomic E-state index is -1.36. The summed E-state index contributed by atoms with van der Waals surface area (Å²) in [4.78, 5) is 41.4. The maximum Gasteiger partial charge on any atom is 0.337 e. The van der Waals surface area contributed by atoms with E-state index < -0.39 is 83.9 Å². The van der Waals surface area contributed by atoms with Gasteiger partial charge in [-0.2, -0.15) is 0 Å². The van der Waals surface area contributed by atoms with E-state index in [1.54, 1.807) is 41.7 Å². The SMILES string of the molecule is COCO[C@H]1[C@H](O[C@H]2CC[C@@]3(C)C(CC[C@]4(C)[C@@H]3CC=C3[C@@H]5CC(C)(C)CC[C@]5(C(=O)OC)CC[C@]34C)C2(C)C)O[C@H](C(=O)OC)[C@@H](OCOC)[C@@H]1O[C@@H]1OC[C@@H]2OC(C)(C)O[C@@H]2[C@H]1OC(=O)C(C)(C)C. The molecule has 0 aromatic rings. The van der Waals surface area contributed by atoms with E-state index in [1.807, 2.05) is 0 Å². The summed E-state index contributed by atoms with van der Waals surface area (Å²) in [5.41, 5.74) is -0.111. The summed E-state index contributed by atoms with van der Waals surface area (Å²) in [7, 11) is 5.84. The lowest BCUT2D eigenvalue weighted by molar-refractivity contribution is -0.371. The van der Waals surface area contributed by atoms with Gasteiger partial charge in [0.15, 0.2) is 30.6 Å². The van der Waals surface area contributed by atoms with Crippen LogP contribution in [0.25, 0.3) is 0 Å². The Kier molecular flexibility index (Phi) is 15.3. The van der Waals surface area contributed by atoms with E-state index in [0.29, 0.717) is 5.92 Å². The van der Waals surface area contributed by atoms with Crippen molar-refractivity contribution in [2.45, 2.75) is 214 Å². The number of hydrogen-bond donors (Lipinski definition) is 0. The number of carbonyl (C=O) groups is 3. The molecule has 71 heavy (non-hydrogen) atoms. The molecule has 3 saturated heterocycles. The lowest BCUT2D eigenvalue weighted by Crippen LogP contribution is -2.67. The fourth-order valence-corrected chi connectivity index (χ4v) is 15.6. The number of hydrogen-bond acceptors (Lipinski definition) is 16. The lowest BCUT2D eigenvalue weighted by atomic mass is 9.33. The van der Waals surface area contributed by atoms with Crippen molar-refractivity contribution in [3.05, 3.63) is 11.6 Å². The summed E-state index contributed by atoms with van der Waals surface area (Å²) in [5, 5.41) is 0. The normalized spacial score (nSPS) is 44.3. The summed E-state index contributed by atoms with van der Waals surface area (Å²) in [6, 6.07) is 0. The van der Waals surface area contributed by atoms with Gasteiger partial charge in [0.05, 0.1) is 37.8 Å². The van der Waals surface area contributed by atoms with Crippen LogP contribution in [0.1, 0.15) is 147 Å². The maximum atomic E-state index is 13.9. The van der Waals surface area contributed by atoms with Gasteiger partial charge >= 0.3 is 17.9 Å². The number of ether oxygens (including phenoxy) is 13. The summed E-state index contributed by atoms with van der Waals surface area (Å²) < 4.78 is 80.6. The van der Waals surface area contributed by atoms with Crippen molar-refractivity contribution in [1.29, 1.82) is 0 Å². The number of carbonyl (C=O) groups excluding carboxylic acids is 3. The first kappa shape index (κ1) is 55.0. The predicted molar refractivity (Wildman–Crippen MR) is 258 cm³/mol. The Hall–Kier alpha value is -2.25. The molecule has 0 amide bonds. The van der Waals surface area contributed by atoms with Gasteiger partial charge in [0.1, 0.15) is 44.1 Å². The lowest BCUT2D eigenvalue weighted by Gasteiger charge is -2.71. The number of fused-ring (bicyclic) bond motifs is 8. The van der Waals surface area contributed by atoms with E-state index in [-0.39, 0.29) is 71.2 Å². The molecule has 0 bridgehead atoms. The van der Waals surface area contributed by atoms with Gasteiger partial charge in [0.25, 0.3) is 0 Å². The second kappa shape index (κ2) is 19.7. The molecule has 0 aromatic heterocycles. The fourth-order valence-electron chi connectivity index (χ4n) is 15.6. The highest BCUT2D eigenvalue weighted by Crippen LogP contribution is 2.76. The minimum absolute atomic E-state index is 0.0166. The van der Waals surface area contributed by atoms with Crippen LogP contribution >= 0.6 is 0 Å². The van der Waals surface area contributed by atoms with Gasteiger partial charge in [0, 0.05) is 14.2 Å². The minimum Gasteiger partial charge on any atom is -0.469 e. The van der Waals surface area contributed by atoms with Gasteiger partial charge in [-0.1, -0.05) is 60.1 Å². The zero-order valence-corrected chi connectivity index (χ0v) is 45.8. The molecule has 0 N–H and O–H groups in total. The number of methoxy groups -OCH3 is 4. The quantitative estimate of drug-likeness (QED) is 0.0565. The van der Waals surface area contributed by atoms with Crippen molar-refractivity contribution in [1.82, 2.24) is 0 Å². The largest absolute Gasteiger partial charge is 0.469 e. The molecule has 3 aliphatic heterocycles. The smallest absolute Gasteiger partial charge is 0.337 e. The van der Waals surface area contributed by atoms with Crippen LogP contribution in [0.2, 0.25) is 0 Å². The molecule has 0 aromatic carbocycles. The van der Waals surface area contributed by atoms with E-state index in [0.717, 1.165) is 64.2 Å². The van der Waals surface area contributed by atoms with Crippen molar-refractivity contribution >= 4 is 17.9 Å². The average Bonchev–Trinajstić information content (AvgIpc) is 3.63. The molecule has 0 radical (unpaired) electrons. The molecular weight excluding hydrogens is 917 g/mol. The second-order valence-corrected chi connectivity index (χ2v) is 25.9. The van der Waals surface area contributed by atoms with Crippen LogP contribution in [0.4, 0.5) is 0 Å². The van der Waals surface area contributed by atoms with E-state index in [1.165, 1.54) is 26.9 Å². The van der Waals surface area contributed by atoms with Crippen LogP contribution in [0.3, 0.4) is 0 Å². The number of rotatable bonds is 13. The molecular formula is C55H88O16. The average molecular weight is 1010 g/mol. The molecule has 1 unspecified atom stereocenters. The zero-order valence-electron chi connectivity index (χ0n) is 45.8. The Bertz CT molecular complexity index is 1990. The van der Waals surface area contributed by atoms with Crippen LogP contribution in [0, 0.1) is 55.7 Å². The van der Waals surface area contributed by atoms with Crippen molar-refractivity contribution in [2.24, 2.45) is 55.7 Å². The highest BCUT2D eigenvalue weighted by atomic mass is 16.8. The van der Waals surface area contributed by atoms with Crippen molar-refractivity contribution in [3.63, 3.8) is 0 Å². The van der Waals surface area contributed by atoms with Crippen molar-refractivity contribution in [2.75, 3.05) is 48.6 Å². The molecule has 8 rings (SSSR count). The van der Waals surface area contributed by atoms with Crippen LogP contribution in [-0.2, 0) is 76.0 Å². The Labute approximate surface area is 423 Å². The highest BCUT2D eigenvalue weighted by molar-refractivity contribution is 5.79. The molecule has 16 nitrogen and oxygen atoms in total. The second-order valence-electron chi connectivity index (χ2n) is 25.9. The Morgan fingerprint density at radius 1 is 0.718 bits per heavy atom. The van der Waals surface area contributed by atoms with Gasteiger partial charge in [0.2, 0.25) is 0 Å². The fraction of sp³-hybridized carbons (Fsp3) is 0.909. The van der Waals surface area contributed by atoms with E-state index in [2.05, 4.69) is 54.5 Å². The third-order valence-electron chi connectivity index (χ3n) is 19.5. The summed E-state index contributed by atoms with van der Waals surface area (Å²) in [6.07, 6.45) is 2.10. The Balaban J connectivity index is 1.10. The first-order valence-electron chi connectivity index (χ1n) is 26.4. The Morgan fingerprint density at radius 2 is 1.39 bits per heavy atom. The molecule has 3 heterocycles. The van der Waals surface area contributed by atoms with Gasteiger partial charge < -0.3 is 61.6 Å². The van der Waals surface area contributed by atoms with Gasteiger partial charge in [-0.3, -0.25) is 9.59 Å². The van der Waals surface area contributed by atoms with E-state index >= 15 is 0 Å². The highest BCUT2D eigenvalue weighted by Gasteiger charge is 2.70. The molecule has 5 aliphatic carbocycles. The van der Waals surface area contributed by atoms with Crippen LogP contribution in [0.5, 0.6) is 0 Å². The zero-order chi connectivity index (χ0) is 51.9. The van der Waals surface area contributed by atoms with Crippen LogP contribution in [0.15, 0.2) is 11.6 Å². The maximum absolute atomic E-state index is 13.9. The first-order chi connectivity index (χ1) is 33.2. The molecule has 16 heteroatoms. The third kappa shape index (κ3) is 9.48. The van der Waals surface area contributed by atoms with Crippen LogP contribution in [-0.4, -0.2) is 134 Å². The number of esters is 3. The standard InChI is InChI=1S/C55H88O16/c1-48(2,3)46(57)69-42-37-33(70-51(8,9)71-37)28-63-44(42)67-39-38(64-29-59-13)40(43(56)61-15)68-45(41(39)65-30-60-14)66-36-20-21-52(10)34(50(36,6)7)19-22-54(12)35(52)18-17-31-32-27-49(4,5)23-25-55(32,47(58)62-16)26-24-53(31,54)11/h17,32-42,44-45H,18-30H2,1-16H3/t32-,33-,34?,35+,36-,37-,38-,39-,40-,41+,42+,44-,45+,52-,53+,54+,55-/m0/s1. The summed E-state index contributed by atoms with van der Waals surface area (Å²) in [6.45, 7) is 25.5. The van der Waals surface area contributed by atoms with E-state index in [4.69, 9.17) is 61.6 Å². The number of allylic oxidation sites excluding steroid dienone is 2. The van der Waals surface area contributed by atoms with Crippen LogP contribution < -0.4 is 0 Å². The molecule has 4 saturated carbocycles. The summed E-state index contributed by atoms with van der Waals surface area (Å²) in [5.74, 6) is -1.36.